The first-order chi connectivity index (χ1) is 26.4. The first-order valence-electron chi connectivity index (χ1n) is 17.5. The molecule has 282 valence electrons. The van der Waals surface area contributed by atoms with Crippen LogP contribution in [0.25, 0.3) is 16.8 Å². The fourth-order valence-corrected chi connectivity index (χ4v) is 7.96. The third-order valence-corrected chi connectivity index (χ3v) is 10.6. The number of esters is 1. The molecule has 55 heavy (non-hydrogen) atoms. The summed E-state index contributed by atoms with van der Waals surface area (Å²) in [7, 11) is 1.29. The Labute approximate surface area is 327 Å². The van der Waals surface area contributed by atoms with Crippen LogP contribution < -0.4 is 16.0 Å². The Hall–Kier alpha value is -5.92. The van der Waals surface area contributed by atoms with Gasteiger partial charge in [-0.25, -0.2) is 9.59 Å². The van der Waals surface area contributed by atoms with Gasteiger partial charge in [0.25, 0.3) is 11.8 Å². The van der Waals surface area contributed by atoms with E-state index < -0.39 is 29.5 Å². The summed E-state index contributed by atoms with van der Waals surface area (Å²) in [4.78, 5) is 68.9. The van der Waals surface area contributed by atoms with Crippen LogP contribution in [0, 0.1) is 0 Å². The fourth-order valence-electron chi connectivity index (χ4n) is 5.94. The van der Waals surface area contributed by atoms with Gasteiger partial charge in [0.05, 0.1) is 25.0 Å². The fraction of sp³-hybridized carbons (Fsp3) is 0.214. The van der Waals surface area contributed by atoms with Crippen molar-refractivity contribution < 1.29 is 33.4 Å². The van der Waals surface area contributed by atoms with Crippen LogP contribution in [0.4, 0.5) is 15.5 Å². The van der Waals surface area contributed by atoms with E-state index in [0.717, 1.165) is 26.8 Å². The molecule has 1 aromatic heterocycles. The molecule has 3 N–H and O–H groups in total. The molecule has 1 aliphatic heterocycles. The van der Waals surface area contributed by atoms with Crippen LogP contribution >= 0.6 is 23.1 Å². The number of rotatable bonds is 10. The van der Waals surface area contributed by atoms with Gasteiger partial charge < -0.3 is 30.3 Å². The van der Waals surface area contributed by atoms with Gasteiger partial charge in [-0.1, -0.05) is 66.7 Å². The molecule has 0 spiro atoms. The van der Waals surface area contributed by atoms with Gasteiger partial charge in [0.15, 0.2) is 0 Å². The molecular weight excluding hydrogens is 737 g/mol. The van der Waals surface area contributed by atoms with Gasteiger partial charge in [0, 0.05) is 27.6 Å². The number of hydrogen-bond donors (Lipinski definition) is 3. The van der Waals surface area contributed by atoms with Crippen LogP contribution in [0.3, 0.4) is 0 Å². The van der Waals surface area contributed by atoms with Gasteiger partial charge in [-0.2, -0.15) is 0 Å². The van der Waals surface area contributed by atoms with E-state index in [0.29, 0.717) is 39.7 Å². The normalized spacial score (nSPS) is 12.7. The van der Waals surface area contributed by atoms with Crippen molar-refractivity contribution in [3.05, 3.63) is 130 Å². The minimum absolute atomic E-state index is 0.00395. The molecule has 13 heteroatoms. The zero-order valence-corrected chi connectivity index (χ0v) is 32.4. The minimum Gasteiger partial charge on any atom is -0.465 e. The lowest BCUT2D eigenvalue weighted by atomic mass is 10.0. The molecule has 0 fully saturated rings. The number of amides is 4. The third kappa shape index (κ3) is 9.80. The van der Waals surface area contributed by atoms with E-state index in [1.165, 1.54) is 30.2 Å². The highest BCUT2D eigenvalue weighted by Gasteiger charge is 2.32. The van der Waals surface area contributed by atoms with E-state index in [4.69, 9.17) is 9.47 Å². The number of nitrogens with zero attached hydrogens (tertiary/aromatic N) is 1. The van der Waals surface area contributed by atoms with E-state index >= 15 is 0 Å². The smallest absolute Gasteiger partial charge is 0.410 e. The lowest BCUT2D eigenvalue weighted by Gasteiger charge is -2.30. The largest absolute Gasteiger partial charge is 0.465 e. The monoisotopic (exact) mass is 776 g/mol. The van der Waals surface area contributed by atoms with E-state index in [-0.39, 0.29) is 23.9 Å². The number of benzene rings is 4. The van der Waals surface area contributed by atoms with Crippen molar-refractivity contribution in [2.75, 3.05) is 30.0 Å². The van der Waals surface area contributed by atoms with Gasteiger partial charge in [-0.05, 0) is 85.5 Å². The highest BCUT2D eigenvalue weighted by atomic mass is 32.2. The number of hydrogen-bond acceptors (Lipinski definition) is 9. The number of fused-ring (bicyclic) bond motifs is 2. The summed E-state index contributed by atoms with van der Waals surface area (Å²) in [6, 6.07) is 29.2. The van der Waals surface area contributed by atoms with Crippen molar-refractivity contribution in [2.45, 2.75) is 44.2 Å². The zero-order chi connectivity index (χ0) is 39.1. The number of thioether (sulfide) groups is 1. The number of nitrogens with one attached hydrogen (secondary N) is 3. The molecule has 0 bridgehead atoms. The van der Waals surface area contributed by atoms with Gasteiger partial charge in [-0.3, -0.25) is 14.4 Å². The molecule has 2 heterocycles. The molecule has 4 amide bonds. The Balaban J connectivity index is 1.15. The van der Waals surface area contributed by atoms with Crippen molar-refractivity contribution in [3.63, 3.8) is 0 Å². The SMILES string of the molecule is COC(=O)c1c(NC(=O)CSc2cccc(NC(=O)/C(=C\c3cccc4ccccc34)NC(=O)c3ccccc3)c2)sc2c1CCN(C(=O)OC(C)(C)C)C2. The standard InChI is InChI=1S/C42H40N4O7S2/c1-42(2,3)53-41(51)46-21-20-32-34(24-46)55-39(36(32)40(50)52-4)45-35(47)25-54-30-18-11-17-29(23-30)43-38(49)33(44-37(48)27-13-6-5-7-14-27)22-28-16-10-15-26-12-8-9-19-31(26)28/h5-19,22-23H,20-21,24-25H2,1-4H3,(H,43,49)(H,44,48)(H,45,47)/b33-22+. The molecular formula is C42H40N4O7S2. The number of thiophene rings is 1. The van der Waals surface area contributed by atoms with Crippen LogP contribution in [-0.4, -0.2) is 59.7 Å². The Morgan fingerprint density at radius 2 is 1.62 bits per heavy atom. The number of carbonyl (C=O) groups is 5. The second kappa shape index (κ2) is 17.0. The van der Waals surface area contributed by atoms with E-state index in [1.807, 2.05) is 54.6 Å². The van der Waals surface area contributed by atoms with Crippen molar-refractivity contribution in [1.82, 2.24) is 10.2 Å². The van der Waals surface area contributed by atoms with Crippen LogP contribution in [0.1, 0.15) is 57.5 Å². The summed E-state index contributed by atoms with van der Waals surface area (Å²) < 4.78 is 10.6. The second-order valence-electron chi connectivity index (χ2n) is 13.6. The Morgan fingerprint density at radius 1 is 0.891 bits per heavy atom. The maximum absolute atomic E-state index is 13.8. The van der Waals surface area contributed by atoms with Gasteiger partial charge >= 0.3 is 12.1 Å². The first-order valence-corrected chi connectivity index (χ1v) is 19.3. The molecule has 1 aliphatic rings. The molecule has 0 saturated carbocycles. The topological polar surface area (TPSA) is 143 Å². The molecule has 4 aromatic carbocycles. The van der Waals surface area contributed by atoms with Crippen molar-refractivity contribution >= 4 is 80.4 Å². The third-order valence-electron chi connectivity index (χ3n) is 8.46. The Morgan fingerprint density at radius 3 is 2.38 bits per heavy atom. The maximum atomic E-state index is 13.8. The van der Waals surface area contributed by atoms with Crippen LogP contribution in [0.5, 0.6) is 0 Å². The quantitative estimate of drug-likeness (QED) is 0.0734. The molecule has 11 nitrogen and oxygen atoms in total. The predicted molar refractivity (Wildman–Crippen MR) is 216 cm³/mol. The summed E-state index contributed by atoms with van der Waals surface area (Å²) >= 11 is 2.48. The Bertz CT molecular complexity index is 2290. The summed E-state index contributed by atoms with van der Waals surface area (Å²) in [5, 5.41) is 10.8. The summed E-state index contributed by atoms with van der Waals surface area (Å²) in [5.74, 6) is -1.87. The van der Waals surface area contributed by atoms with Gasteiger partial charge in [0.2, 0.25) is 5.91 Å². The maximum Gasteiger partial charge on any atom is 0.410 e. The van der Waals surface area contributed by atoms with Crippen molar-refractivity contribution in [3.8, 4) is 0 Å². The van der Waals surface area contributed by atoms with Crippen molar-refractivity contribution in [1.29, 1.82) is 0 Å². The average Bonchev–Trinajstić information content (AvgIpc) is 3.53. The van der Waals surface area contributed by atoms with E-state index in [1.54, 1.807) is 74.2 Å². The second-order valence-corrected chi connectivity index (χ2v) is 15.8. The van der Waals surface area contributed by atoms with E-state index in [9.17, 15) is 24.0 Å². The molecule has 6 rings (SSSR count). The number of carbonyl (C=O) groups excluding carboxylic acids is 5. The summed E-state index contributed by atoms with van der Waals surface area (Å²) in [6.07, 6.45) is 1.62. The number of anilines is 2. The number of methoxy groups -OCH3 is 1. The molecule has 0 aliphatic carbocycles. The number of ether oxygens (including phenoxy) is 2. The molecule has 0 unspecified atom stereocenters. The van der Waals surface area contributed by atoms with Crippen molar-refractivity contribution in [2.24, 2.45) is 0 Å². The predicted octanol–water partition coefficient (Wildman–Crippen LogP) is 8.12. The highest BCUT2D eigenvalue weighted by molar-refractivity contribution is 8.00. The van der Waals surface area contributed by atoms with Gasteiger partial charge in [0.1, 0.15) is 16.3 Å². The lowest BCUT2D eigenvalue weighted by Crippen LogP contribution is -2.39. The molecule has 0 radical (unpaired) electrons. The summed E-state index contributed by atoms with van der Waals surface area (Å²) in [6.45, 7) is 6.01. The van der Waals surface area contributed by atoms with Crippen LogP contribution in [0.15, 0.2) is 108 Å². The molecule has 5 aromatic rings. The van der Waals surface area contributed by atoms with E-state index in [2.05, 4.69) is 16.0 Å². The zero-order valence-electron chi connectivity index (χ0n) is 30.8. The first kappa shape index (κ1) is 38.8. The molecule has 0 saturated heterocycles. The minimum atomic E-state index is -0.649. The van der Waals surface area contributed by atoms with Crippen LogP contribution in [0.2, 0.25) is 0 Å². The van der Waals surface area contributed by atoms with Crippen LogP contribution in [-0.2, 0) is 32.0 Å². The average molecular weight is 777 g/mol. The lowest BCUT2D eigenvalue weighted by molar-refractivity contribution is -0.114. The molecule has 0 atom stereocenters. The highest BCUT2D eigenvalue weighted by Crippen LogP contribution is 2.38. The summed E-state index contributed by atoms with van der Waals surface area (Å²) in [5.41, 5.74) is 2.07. The van der Waals surface area contributed by atoms with Gasteiger partial charge in [-0.15, -0.1) is 23.1 Å². The Kier molecular flexibility index (Phi) is 12.0.